The van der Waals surface area contributed by atoms with E-state index in [2.05, 4.69) is 19.8 Å². The van der Waals surface area contributed by atoms with Gasteiger partial charge >= 0.3 is 0 Å². The minimum absolute atomic E-state index is 0.0262. The van der Waals surface area contributed by atoms with Crippen LogP contribution in [0.4, 0.5) is 5.82 Å². The van der Waals surface area contributed by atoms with Crippen molar-refractivity contribution >= 4 is 52.0 Å². The van der Waals surface area contributed by atoms with Gasteiger partial charge in [0, 0.05) is 17.1 Å². The first-order valence-electron chi connectivity index (χ1n) is 10.5. The van der Waals surface area contributed by atoms with Crippen LogP contribution in [0.25, 0.3) is 11.3 Å². The van der Waals surface area contributed by atoms with Crippen molar-refractivity contribution < 1.29 is 14.0 Å². The van der Waals surface area contributed by atoms with Crippen molar-refractivity contribution in [3.8, 4) is 17.3 Å². The Morgan fingerprint density at radius 1 is 1.19 bits per heavy atom. The molecule has 5 aromatic rings. The summed E-state index contributed by atoms with van der Waals surface area (Å²) in [6.07, 6.45) is 4.05. The third-order valence-corrected chi connectivity index (χ3v) is 7.13. The Kier molecular flexibility index (Phi) is 6.78. The number of thiophene rings is 1. The average molecular weight is 552 g/mol. The number of Topliss-reactive ketones (excluding diaryl/α,β-unsaturated/α-hetero) is 1. The summed E-state index contributed by atoms with van der Waals surface area (Å²) in [5.41, 5.74) is -0.388. The van der Waals surface area contributed by atoms with E-state index in [1.807, 2.05) is 12.1 Å². The van der Waals surface area contributed by atoms with Crippen LogP contribution in [0.15, 0.2) is 64.3 Å². The Morgan fingerprint density at radius 3 is 2.73 bits per heavy atom. The molecule has 0 radical (unpaired) electrons. The predicted molar refractivity (Wildman–Crippen MR) is 136 cm³/mol. The number of nitrogens with one attached hydrogen (secondary N) is 1. The lowest BCUT2D eigenvalue weighted by atomic mass is 10.1. The van der Waals surface area contributed by atoms with Gasteiger partial charge in [-0.25, -0.2) is 9.36 Å². The lowest BCUT2D eigenvalue weighted by Crippen LogP contribution is -2.28. The van der Waals surface area contributed by atoms with Crippen LogP contribution < -0.4 is 10.9 Å². The molecule has 0 bridgehead atoms. The lowest BCUT2D eigenvalue weighted by molar-refractivity contribution is 0.0934. The zero-order chi connectivity index (χ0) is 25.9. The normalized spacial score (nSPS) is 10.8. The first-order valence-corrected chi connectivity index (χ1v) is 12.5. The number of hydrogen-bond acceptors (Lipinski definition) is 11. The highest BCUT2D eigenvalue weighted by Gasteiger charge is 2.22. The molecule has 0 spiro atoms. The van der Waals surface area contributed by atoms with E-state index in [-0.39, 0.29) is 22.8 Å². The van der Waals surface area contributed by atoms with Crippen molar-refractivity contribution in [1.29, 1.82) is 5.26 Å². The molecule has 11 nitrogen and oxygen atoms in total. The number of nitrogens with zero attached hydrogens (tertiary/aromatic N) is 6. The van der Waals surface area contributed by atoms with Crippen LogP contribution >= 0.6 is 34.5 Å². The maximum absolute atomic E-state index is 13.4. The van der Waals surface area contributed by atoms with E-state index in [4.69, 9.17) is 16.0 Å². The third kappa shape index (κ3) is 4.98. The molecule has 0 fully saturated rings. The highest BCUT2D eigenvalue weighted by Crippen LogP contribution is 2.25. The van der Waals surface area contributed by atoms with E-state index in [0.717, 1.165) is 25.7 Å². The fourth-order valence-electron chi connectivity index (χ4n) is 3.45. The van der Waals surface area contributed by atoms with Crippen LogP contribution in [0.1, 0.15) is 30.9 Å². The van der Waals surface area contributed by atoms with Crippen LogP contribution in [0.3, 0.4) is 0 Å². The topological polar surface area (TPSA) is 149 Å². The summed E-state index contributed by atoms with van der Waals surface area (Å²) in [5.74, 6) is -0.859. The number of hydrogen-bond donors (Lipinski definition) is 1. The predicted octanol–water partition coefficient (Wildman–Crippen LogP) is 3.93. The number of carbonyl (C=O) groups is 2. The fourth-order valence-corrected chi connectivity index (χ4v) is 5.00. The minimum atomic E-state index is -0.634. The summed E-state index contributed by atoms with van der Waals surface area (Å²) in [4.78, 5) is 44.1. The van der Waals surface area contributed by atoms with E-state index in [9.17, 15) is 19.6 Å². The molecule has 0 atom stereocenters. The van der Waals surface area contributed by atoms with Gasteiger partial charge in [-0.15, -0.1) is 11.3 Å². The van der Waals surface area contributed by atoms with Gasteiger partial charge in [-0.3, -0.25) is 19.0 Å². The standard InChI is InChI=1S/C23H14ClN7O4S2/c24-19-4-2-14(36-19)11-27-20-9-16(29-31(20)23(34)18-5-6-28-37-18)15-3-1-13(10-25)30(22(15)33)12-17(32)21-26-7-8-35-21/h1-9,27H,11-12H2. The SMILES string of the molecule is N#Cc1ccc(-c2cc(NCc3ccc(Cl)s3)n(C(=O)c3ccns3)n2)c(=O)n1CC(=O)c1ncco1. The van der Waals surface area contributed by atoms with Crippen LogP contribution in [-0.2, 0) is 13.1 Å². The van der Waals surface area contributed by atoms with E-state index in [1.165, 1.54) is 42.1 Å². The number of aromatic nitrogens is 5. The number of ketones is 1. The van der Waals surface area contributed by atoms with Gasteiger partial charge in [0.25, 0.3) is 17.4 Å². The molecule has 5 aromatic heterocycles. The molecule has 0 unspecified atom stereocenters. The van der Waals surface area contributed by atoms with Crippen LogP contribution in [0.5, 0.6) is 0 Å². The highest BCUT2D eigenvalue weighted by atomic mass is 35.5. The van der Waals surface area contributed by atoms with Gasteiger partial charge in [0.05, 0.1) is 29.2 Å². The molecule has 5 heterocycles. The summed E-state index contributed by atoms with van der Waals surface area (Å²) in [7, 11) is 0. The second-order valence-electron chi connectivity index (χ2n) is 7.46. The smallest absolute Gasteiger partial charge is 0.291 e. The molecule has 0 amide bonds. The molecule has 0 saturated carbocycles. The Balaban J connectivity index is 1.54. The second kappa shape index (κ2) is 10.3. The minimum Gasteiger partial charge on any atom is -0.442 e. The van der Waals surface area contributed by atoms with Crippen molar-refractivity contribution in [3.05, 3.63) is 91.1 Å². The zero-order valence-electron chi connectivity index (χ0n) is 18.6. The average Bonchev–Trinajstić information content (AvgIpc) is 3.71. The molecule has 0 aliphatic rings. The van der Waals surface area contributed by atoms with E-state index >= 15 is 0 Å². The van der Waals surface area contributed by atoms with Crippen molar-refractivity contribution in [2.45, 2.75) is 13.1 Å². The largest absolute Gasteiger partial charge is 0.442 e. The zero-order valence-corrected chi connectivity index (χ0v) is 21.0. The van der Waals surface area contributed by atoms with Crippen LogP contribution in [-0.4, -0.2) is 35.4 Å². The molecule has 5 rings (SSSR count). The Hall–Kier alpha value is -4.38. The first kappa shape index (κ1) is 24.3. The Morgan fingerprint density at radius 2 is 2.05 bits per heavy atom. The number of pyridine rings is 1. The molecule has 1 N–H and O–H groups in total. The molecule has 14 heteroatoms. The number of halogens is 1. The molecule has 0 aliphatic heterocycles. The monoisotopic (exact) mass is 551 g/mol. The molecular weight excluding hydrogens is 538 g/mol. The molecule has 0 aromatic carbocycles. The Labute approximate surface area is 221 Å². The second-order valence-corrected chi connectivity index (χ2v) is 10.1. The fraction of sp³-hybridized carbons (Fsp3) is 0.0870. The number of anilines is 1. The number of rotatable bonds is 8. The summed E-state index contributed by atoms with van der Waals surface area (Å²) in [6.45, 7) is -0.0957. The summed E-state index contributed by atoms with van der Waals surface area (Å²) in [6, 6.07) is 11.5. The maximum Gasteiger partial charge on any atom is 0.291 e. The van der Waals surface area contributed by atoms with Crippen LogP contribution in [0, 0.1) is 11.3 Å². The number of carbonyl (C=O) groups excluding carboxylic acids is 2. The number of oxazole rings is 1. The summed E-state index contributed by atoms with van der Waals surface area (Å²) in [5, 5.41) is 17.1. The van der Waals surface area contributed by atoms with Gasteiger partial charge < -0.3 is 9.73 Å². The highest BCUT2D eigenvalue weighted by molar-refractivity contribution is 7.16. The quantitative estimate of drug-likeness (QED) is 0.283. The lowest BCUT2D eigenvalue weighted by Gasteiger charge is -2.08. The van der Waals surface area contributed by atoms with E-state index < -0.39 is 23.8 Å². The van der Waals surface area contributed by atoms with Crippen molar-refractivity contribution in [2.24, 2.45) is 0 Å². The van der Waals surface area contributed by atoms with Crippen molar-refractivity contribution in [1.82, 2.24) is 23.7 Å². The van der Waals surface area contributed by atoms with Gasteiger partial charge in [-0.05, 0) is 41.9 Å². The summed E-state index contributed by atoms with van der Waals surface area (Å²) < 4.78 is 11.8. The van der Waals surface area contributed by atoms with Gasteiger partial charge in [-0.1, -0.05) is 11.6 Å². The molecular formula is C23H14ClN7O4S2. The van der Waals surface area contributed by atoms with E-state index in [0.29, 0.717) is 21.6 Å². The van der Waals surface area contributed by atoms with Gasteiger partial charge in [0.15, 0.2) is 0 Å². The van der Waals surface area contributed by atoms with E-state index in [1.54, 1.807) is 18.2 Å². The molecule has 0 aliphatic carbocycles. The van der Waals surface area contributed by atoms with Gasteiger partial charge in [-0.2, -0.15) is 15.0 Å². The third-order valence-electron chi connectivity index (χ3n) is 5.16. The Bertz CT molecular complexity index is 1700. The van der Waals surface area contributed by atoms with Crippen molar-refractivity contribution in [2.75, 3.05) is 5.32 Å². The maximum atomic E-state index is 13.4. The summed E-state index contributed by atoms with van der Waals surface area (Å²) >= 11 is 8.42. The van der Waals surface area contributed by atoms with Gasteiger partial charge in [0.2, 0.25) is 5.78 Å². The number of nitriles is 1. The van der Waals surface area contributed by atoms with Gasteiger partial charge in [0.1, 0.15) is 34.4 Å². The first-order chi connectivity index (χ1) is 17.9. The van der Waals surface area contributed by atoms with Crippen LogP contribution in [0.2, 0.25) is 4.34 Å². The molecule has 0 saturated heterocycles. The molecule has 37 heavy (non-hydrogen) atoms. The molecule has 184 valence electrons. The van der Waals surface area contributed by atoms with Crippen molar-refractivity contribution in [3.63, 3.8) is 0 Å².